The number of alkyl halides is 3. The molecule has 0 unspecified atom stereocenters. The maximum absolute atomic E-state index is 12.7. The summed E-state index contributed by atoms with van der Waals surface area (Å²) in [5.74, 6) is -0.657. The molecule has 0 aliphatic carbocycles. The molecule has 1 aromatic carbocycles. The highest BCUT2D eigenvalue weighted by molar-refractivity contribution is 5.50. The second-order valence-electron chi connectivity index (χ2n) is 4.67. The van der Waals surface area contributed by atoms with Gasteiger partial charge >= 0.3 is 6.18 Å². The Balaban J connectivity index is 1.85. The molecule has 3 rings (SSSR count). The molecule has 2 aromatic rings. The third kappa shape index (κ3) is 2.42. The molecule has 0 radical (unpaired) electrons. The summed E-state index contributed by atoms with van der Waals surface area (Å²) in [7, 11) is 0. The fourth-order valence-corrected chi connectivity index (χ4v) is 2.33. The monoisotopic (exact) mass is 293 g/mol. The van der Waals surface area contributed by atoms with Crippen LogP contribution in [0, 0.1) is 11.3 Å². The van der Waals surface area contributed by atoms with Crippen molar-refractivity contribution in [1.82, 2.24) is 14.8 Å². The summed E-state index contributed by atoms with van der Waals surface area (Å²) in [4.78, 5) is 1.91. The highest BCUT2D eigenvalue weighted by atomic mass is 19.4. The molecule has 0 atom stereocenters. The highest BCUT2D eigenvalue weighted by Crippen LogP contribution is 2.30. The smallest absolute Gasteiger partial charge is 0.362 e. The summed E-state index contributed by atoms with van der Waals surface area (Å²) in [5.41, 5.74) is 1.38. The number of fused-ring (bicyclic) bond motifs is 1. The molecule has 1 aliphatic rings. The molecule has 0 bridgehead atoms. The first-order valence-corrected chi connectivity index (χ1v) is 6.23. The molecule has 0 amide bonds. The van der Waals surface area contributed by atoms with E-state index >= 15 is 0 Å². The molecule has 21 heavy (non-hydrogen) atoms. The Kier molecular flexibility index (Phi) is 3.05. The topological polar surface area (TPSA) is 57.7 Å². The predicted octanol–water partition coefficient (Wildman–Crippen LogP) is 2.19. The molecular formula is C13H10F3N5. The number of halogens is 3. The lowest BCUT2D eigenvalue weighted by atomic mass is 10.2. The van der Waals surface area contributed by atoms with Gasteiger partial charge in [0.25, 0.3) is 0 Å². The van der Waals surface area contributed by atoms with E-state index in [0.717, 1.165) is 10.3 Å². The summed E-state index contributed by atoms with van der Waals surface area (Å²) >= 11 is 0. The molecule has 0 spiro atoms. The lowest BCUT2D eigenvalue weighted by Crippen LogP contribution is -2.35. The van der Waals surface area contributed by atoms with Crippen molar-refractivity contribution < 1.29 is 13.2 Å². The highest BCUT2D eigenvalue weighted by Gasteiger charge is 2.39. The average molecular weight is 293 g/mol. The van der Waals surface area contributed by atoms with Crippen molar-refractivity contribution in [3.63, 3.8) is 0 Å². The van der Waals surface area contributed by atoms with E-state index in [-0.39, 0.29) is 18.9 Å². The Labute approximate surface area is 118 Å². The van der Waals surface area contributed by atoms with Crippen LogP contribution in [-0.4, -0.2) is 21.3 Å². The van der Waals surface area contributed by atoms with Crippen molar-refractivity contribution in [3.8, 4) is 6.07 Å². The van der Waals surface area contributed by atoms with Crippen LogP contribution in [0.25, 0.3) is 0 Å². The van der Waals surface area contributed by atoms with E-state index in [2.05, 4.69) is 10.2 Å². The molecule has 1 aromatic heterocycles. The molecule has 5 nitrogen and oxygen atoms in total. The molecule has 0 N–H and O–H groups in total. The van der Waals surface area contributed by atoms with Crippen molar-refractivity contribution in [2.24, 2.45) is 0 Å². The Bertz CT molecular complexity index is 696. The minimum Gasteiger partial charge on any atom is -0.362 e. The van der Waals surface area contributed by atoms with Crippen LogP contribution >= 0.6 is 0 Å². The summed E-state index contributed by atoms with van der Waals surface area (Å²) in [5, 5.41) is 15.6. The number of nitriles is 1. The fourth-order valence-electron chi connectivity index (χ4n) is 2.33. The molecule has 0 fully saturated rings. The van der Waals surface area contributed by atoms with Crippen molar-refractivity contribution in [1.29, 1.82) is 5.26 Å². The number of hydrogen-bond donors (Lipinski definition) is 0. The van der Waals surface area contributed by atoms with Gasteiger partial charge in [-0.3, -0.25) is 0 Å². The van der Waals surface area contributed by atoms with Gasteiger partial charge in [-0.15, -0.1) is 10.2 Å². The third-order valence-electron chi connectivity index (χ3n) is 3.37. The zero-order valence-corrected chi connectivity index (χ0v) is 10.8. The quantitative estimate of drug-likeness (QED) is 0.808. The summed E-state index contributed by atoms with van der Waals surface area (Å²) < 4.78 is 39.3. The Morgan fingerprint density at radius 1 is 1.10 bits per heavy atom. The Morgan fingerprint density at radius 2 is 1.81 bits per heavy atom. The number of nitrogens with zero attached hydrogens (tertiary/aromatic N) is 5. The zero-order valence-electron chi connectivity index (χ0n) is 10.8. The van der Waals surface area contributed by atoms with Gasteiger partial charge in [0.1, 0.15) is 0 Å². The first-order chi connectivity index (χ1) is 9.99. The van der Waals surface area contributed by atoms with Gasteiger partial charge in [0, 0.05) is 18.8 Å². The first-order valence-electron chi connectivity index (χ1n) is 6.23. The minimum atomic E-state index is -4.48. The molecule has 108 valence electrons. The standard InChI is InChI=1S/C13H10F3N5/c14-13(15,16)12-19-18-11-8-20(5-6-21(11)12)10-3-1-9(7-17)2-4-10/h1-4H,5-6,8H2. The largest absolute Gasteiger partial charge is 0.451 e. The molecular weight excluding hydrogens is 283 g/mol. The maximum atomic E-state index is 12.7. The second-order valence-corrected chi connectivity index (χ2v) is 4.67. The van der Waals surface area contributed by atoms with Crippen molar-refractivity contribution >= 4 is 5.69 Å². The molecule has 2 heterocycles. The summed E-state index contributed by atoms with van der Waals surface area (Å²) in [6, 6.07) is 8.92. The average Bonchev–Trinajstić information content (AvgIpc) is 2.90. The van der Waals surface area contributed by atoms with Crippen molar-refractivity contribution in [2.75, 3.05) is 11.4 Å². The van der Waals surface area contributed by atoms with Crippen LogP contribution in [-0.2, 0) is 19.3 Å². The van der Waals surface area contributed by atoms with Gasteiger partial charge < -0.3 is 9.47 Å². The van der Waals surface area contributed by atoms with E-state index in [0.29, 0.717) is 12.1 Å². The van der Waals surface area contributed by atoms with Crippen LogP contribution in [0.5, 0.6) is 0 Å². The van der Waals surface area contributed by atoms with Crippen LogP contribution in [0.3, 0.4) is 0 Å². The maximum Gasteiger partial charge on any atom is 0.451 e. The number of benzene rings is 1. The van der Waals surface area contributed by atoms with Gasteiger partial charge in [0.05, 0.1) is 18.2 Å². The summed E-state index contributed by atoms with van der Waals surface area (Å²) in [6.45, 7) is 0.867. The number of hydrogen-bond acceptors (Lipinski definition) is 4. The zero-order chi connectivity index (χ0) is 15.0. The molecule has 0 saturated heterocycles. The fraction of sp³-hybridized carbons (Fsp3) is 0.308. The summed E-state index contributed by atoms with van der Waals surface area (Å²) in [6.07, 6.45) is -4.48. The number of anilines is 1. The van der Waals surface area contributed by atoms with E-state index in [1.165, 1.54) is 0 Å². The van der Waals surface area contributed by atoms with E-state index in [9.17, 15) is 13.2 Å². The lowest BCUT2D eigenvalue weighted by Gasteiger charge is -2.29. The van der Waals surface area contributed by atoms with Crippen LogP contribution in [0.2, 0.25) is 0 Å². The van der Waals surface area contributed by atoms with E-state index in [4.69, 9.17) is 5.26 Å². The second kappa shape index (κ2) is 4.77. The van der Waals surface area contributed by atoms with Gasteiger partial charge in [-0.05, 0) is 24.3 Å². The third-order valence-corrected chi connectivity index (χ3v) is 3.37. The molecule has 0 saturated carbocycles. The minimum absolute atomic E-state index is 0.178. The van der Waals surface area contributed by atoms with Crippen LogP contribution < -0.4 is 4.90 Å². The first kappa shape index (κ1) is 13.4. The molecule has 1 aliphatic heterocycles. The van der Waals surface area contributed by atoms with Crippen LogP contribution in [0.1, 0.15) is 17.2 Å². The van der Waals surface area contributed by atoms with Gasteiger partial charge in [-0.25, -0.2) is 0 Å². The van der Waals surface area contributed by atoms with Gasteiger partial charge in [-0.1, -0.05) is 0 Å². The van der Waals surface area contributed by atoms with E-state index in [1.54, 1.807) is 24.3 Å². The Morgan fingerprint density at radius 3 is 2.43 bits per heavy atom. The van der Waals surface area contributed by atoms with Gasteiger partial charge in [0.2, 0.25) is 5.82 Å². The SMILES string of the molecule is N#Cc1ccc(N2CCn3c(nnc3C(F)(F)F)C2)cc1. The van der Waals surface area contributed by atoms with Crippen molar-refractivity contribution in [2.45, 2.75) is 19.3 Å². The van der Waals surface area contributed by atoms with E-state index < -0.39 is 12.0 Å². The molecule has 8 heteroatoms. The van der Waals surface area contributed by atoms with E-state index in [1.807, 2.05) is 11.0 Å². The van der Waals surface area contributed by atoms with Crippen molar-refractivity contribution in [3.05, 3.63) is 41.5 Å². The van der Waals surface area contributed by atoms with Crippen LogP contribution in [0.4, 0.5) is 18.9 Å². The van der Waals surface area contributed by atoms with Crippen LogP contribution in [0.15, 0.2) is 24.3 Å². The Hall–Kier alpha value is -2.56. The number of rotatable bonds is 1. The lowest BCUT2D eigenvalue weighted by molar-refractivity contribution is -0.147. The predicted molar refractivity (Wildman–Crippen MR) is 67.2 cm³/mol. The van der Waals surface area contributed by atoms with Gasteiger partial charge in [-0.2, -0.15) is 18.4 Å². The van der Waals surface area contributed by atoms with Gasteiger partial charge in [0.15, 0.2) is 5.82 Å². The normalized spacial score (nSPS) is 14.7. The number of aromatic nitrogens is 3.